The van der Waals surface area contributed by atoms with Crippen molar-refractivity contribution in [3.8, 4) is 0 Å². The zero-order chi connectivity index (χ0) is 11.4. The molecule has 15 heavy (non-hydrogen) atoms. The second kappa shape index (κ2) is 3.47. The summed E-state index contributed by atoms with van der Waals surface area (Å²) in [6.07, 6.45) is -9.45. The fourth-order valence-corrected chi connectivity index (χ4v) is 2.93. The van der Waals surface area contributed by atoms with E-state index in [0.29, 0.717) is 0 Å². The lowest BCUT2D eigenvalue weighted by Crippen LogP contribution is -2.62. The summed E-state index contributed by atoms with van der Waals surface area (Å²) in [7, 11) is -4.47. The Morgan fingerprint density at radius 1 is 0.800 bits per heavy atom. The van der Waals surface area contributed by atoms with Gasteiger partial charge in [-0.05, 0) is 0 Å². The van der Waals surface area contributed by atoms with E-state index in [9.17, 15) is 25.0 Å². The Balaban J connectivity index is 2.39. The molecule has 0 aromatic rings. The molecule has 3 aliphatic rings. The van der Waals surface area contributed by atoms with Crippen molar-refractivity contribution in [1.29, 1.82) is 0 Å². The maximum absolute atomic E-state index is 11.2. The van der Waals surface area contributed by atoms with Crippen LogP contribution in [-0.2, 0) is 13.6 Å². The smallest absolute Gasteiger partial charge is 0.387 e. The van der Waals surface area contributed by atoms with Crippen LogP contribution in [0.15, 0.2) is 0 Å². The van der Waals surface area contributed by atoms with Crippen molar-refractivity contribution in [3.63, 3.8) is 0 Å². The number of aliphatic hydroxyl groups is 4. The monoisotopic (exact) mass is 242 g/mol. The predicted molar refractivity (Wildman–Crippen MR) is 43.6 cm³/mol. The van der Waals surface area contributed by atoms with Gasteiger partial charge in [0.05, 0.1) is 0 Å². The minimum Gasteiger partial charge on any atom is -0.387 e. The Hall–Kier alpha value is -0.0500. The average molecular weight is 242 g/mol. The van der Waals surface area contributed by atoms with Crippen molar-refractivity contribution in [1.82, 2.24) is 0 Å². The largest absolute Gasteiger partial charge is 0.473 e. The minimum absolute atomic E-state index is 1.55. The molecular formula is C6H11O8P. The van der Waals surface area contributed by atoms with Crippen LogP contribution in [-0.4, -0.2) is 61.9 Å². The highest BCUT2D eigenvalue weighted by Gasteiger charge is 2.57. The number of hydrogen-bond acceptors (Lipinski definition) is 7. The number of fused-ring (bicyclic) bond motifs is 4. The van der Waals surface area contributed by atoms with Crippen molar-refractivity contribution in [3.05, 3.63) is 0 Å². The van der Waals surface area contributed by atoms with Gasteiger partial charge in [-0.3, -0.25) is 9.05 Å². The third-order valence-corrected chi connectivity index (χ3v) is 3.58. The van der Waals surface area contributed by atoms with Crippen molar-refractivity contribution < 1.29 is 38.9 Å². The summed E-state index contributed by atoms with van der Waals surface area (Å²) in [6, 6.07) is 0. The van der Waals surface area contributed by atoms with Gasteiger partial charge in [0.1, 0.15) is 36.6 Å². The zero-order valence-electron chi connectivity index (χ0n) is 7.37. The van der Waals surface area contributed by atoms with Crippen LogP contribution in [0.2, 0.25) is 0 Å². The lowest BCUT2D eigenvalue weighted by molar-refractivity contribution is -0.189. The number of phosphoric ester groups is 1. The lowest BCUT2D eigenvalue weighted by atomic mass is 9.85. The van der Waals surface area contributed by atoms with E-state index in [0.717, 1.165) is 0 Å². The molecule has 7 atom stereocenters. The van der Waals surface area contributed by atoms with Crippen LogP contribution in [0.5, 0.6) is 0 Å². The number of phosphoric acid groups is 1. The highest BCUT2D eigenvalue weighted by atomic mass is 31.2. The van der Waals surface area contributed by atoms with Gasteiger partial charge in [-0.15, -0.1) is 0 Å². The molecule has 3 rings (SSSR count). The number of rotatable bonds is 0. The molecule has 0 aromatic carbocycles. The quantitative estimate of drug-likeness (QED) is 0.290. The van der Waals surface area contributed by atoms with Crippen LogP contribution in [0.25, 0.3) is 0 Å². The fourth-order valence-electron chi connectivity index (χ4n) is 1.76. The Bertz CT molecular complexity index is 266. The van der Waals surface area contributed by atoms with Crippen molar-refractivity contribution in [2.75, 3.05) is 0 Å². The molecular weight excluding hydrogens is 231 g/mol. The first-order valence-electron chi connectivity index (χ1n) is 4.25. The Morgan fingerprint density at radius 2 is 1.07 bits per heavy atom. The molecule has 3 fully saturated rings. The second-order valence-electron chi connectivity index (χ2n) is 3.57. The zero-order valence-corrected chi connectivity index (χ0v) is 8.27. The van der Waals surface area contributed by atoms with Gasteiger partial charge in [-0.25, -0.2) is 4.57 Å². The molecule has 2 bridgehead atoms. The van der Waals surface area contributed by atoms with Gasteiger partial charge in [0, 0.05) is 0 Å². The second-order valence-corrected chi connectivity index (χ2v) is 4.93. The first-order chi connectivity index (χ1) is 6.83. The Kier molecular flexibility index (Phi) is 2.65. The van der Waals surface area contributed by atoms with Crippen LogP contribution in [0.3, 0.4) is 0 Å². The molecule has 88 valence electrons. The third-order valence-electron chi connectivity index (χ3n) is 2.56. The highest BCUT2D eigenvalue weighted by molar-refractivity contribution is 7.47. The van der Waals surface area contributed by atoms with Crippen LogP contribution in [0.1, 0.15) is 0 Å². The van der Waals surface area contributed by atoms with Gasteiger partial charge < -0.3 is 25.3 Å². The molecule has 0 radical (unpaired) electrons. The molecule has 0 aromatic heterocycles. The average Bonchev–Trinajstić information content (AvgIpc) is 2.29. The van der Waals surface area contributed by atoms with E-state index >= 15 is 0 Å². The van der Waals surface area contributed by atoms with E-state index in [1.807, 2.05) is 0 Å². The molecule has 9 heteroatoms. The molecule has 1 aliphatic carbocycles. The Morgan fingerprint density at radius 3 is 1.33 bits per heavy atom. The van der Waals surface area contributed by atoms with E-state index in [2.05, 4.69) is 9.05 Å². The summed E-state index contributed by atoms with van der Waals surface area (Å²) in [5, 5.41) is 37.6. The normalized spacial score (nSPS) is 60.3. The SMILES string of the molecule is O=P1(O)O[C@H]2[C@@H](O)[C@@H](O)[C@H](O1)[C@@H](O)[C@@H]2O. The van der Waals surface area contributed by atoms with Gasteiger partial charge >= 0.3 is 7.82 Å². The summed E-state index contributed by atoms with van der Waals surface area (Å²) >= 11 is 0. The van der Waals surface area contributed by atoms with E-state index in [1.165, 1.54) is 0 Å². The first-order valence-corrected chi connectivity index (χ1v) is 5.75. The summed E-state index contributed by atoms with van der Waals surface area (Å²) in [4.78, 5) is 9.07. The van der Waals surface area contributed by atoms with E-state index < -0.39 is 44.4 Å². The molecule has 1 unspecified atom stereocenters. The molecule has 0 amide bonds. The molecule has 2 saturated heterocycles. The van der Waals surface area contributed by atoms with Gasteiger partial charge in [0.15, 0.2) is 0 Å². The highest BCUT2D eigenvalue weighted by Crippen LogP contribution is 2.53. The molecule has 8 nitrogen and oxygen atoms in total. The van der Waals surface area contributed by atoms with Crippen molar-refractivity contribution in [2.24, 2.45) is 0 Å². The first kappa shape index (κ1) is 11.4. The van der Waals surface area contributed by atoms with Gasteiger partial charge in [0.2, 0.25) is 0 Å². The van der Waals surface area contributed by atoms with E-state index in [-0.39, 0.29) is 0 Å². The number of aliphatic hydroxyl groups excluding tert-OH is 4. The topological polar surface area (TPSA) is 137 Å². The molecule has 2 aliphatic heterocycles. The van der Waals surface area contributed by atoms with Crippen LogP contribution >= 0.6 is 7.82 Å². The molecule has 2 heterocycles. The van der Waals surface area contributed by atoms with Crippen LogP contribution < -0.4 is 0 Å². The molecule has 5 N–H and O–H groups in total. The van der Waals surface area contributed by atoms with E-state index in [1.54, 1.807) is 0 Å². The third kappa shape index (κ3) is 1.73. The summed E-state index contributed by atoms with van der Waals surface area (Å²) < 4.78 is 20.0. The molecule has 0 spiro atoms. The maximum Gasteiger partial charge on any atom is 0.473 e. The van der Waals surface area contributed by atoms with E-state index in [4.69, 9.17) is 4.89 Å². The number of hydrogen-bond donors (Lipinski definition) is 5. The Labute approximate surface area is 84.3 Å². The summed E-state index contributed by atoms with van der Waals surface area (Å²) in [5.41, 5.74) is 0. The summed E-state index contributed by atoms with van der Waals surface area (Å²) in [6.45, 7) is 0. The van der Waals surface area contributed by atoms with Gasteiger partial charge in [0.25, 0.3) is 0 Å². The van der Waals surface area contributed by atoms with Crippen LogP contribution in [0.4, 0.5) is 0 Å². The summed E-state index contributed by atoms with van der Waals surface area (Å²) in [5.74, 6) is 0. The van der Waals surface area contributed by atoms with Gasteiger partial charge in [-0.1, -0.05) is 0 Å². The molecule has 1 saturated carbocycles. The standard InChI is InChI=1S/C6H11O8P/c7-1-2(8)6-4(10)3(9)5(1)13-15(11,12)14-6/h1-10H,(H,11,12)/t1-,2-,3-,4+,5+,6+/m0/s1. The fraction of sp³-hybridized carbons (Fsp3) is 1.00. The van der Waals surface area contributed by atoms with Crippen LogP contribution in [0, 0.1) is 0 Å². The minimum atomic E-state index is -4.47. The van der Waals surface area contributed by atoms with Crippen molar-refractivity contribution in [2.45, 2.75) is 36.6 Å². The lowest BCUT2D eigenvalue weighted by Gasteiger charge is -2.38. The van der Waals surface area contributed by atoms with Crippen molar-refractivity contribution >= 4 is 7.82 Å². The van der Waals surface area contributed by atoms with Gasteiger partial charge in [-0.2, -0.15) is 0 Å². The predicted octanol–water partition coefficient (Wildman–Crippen LogP) is -2.67. The maximum atomic E-state index is 11.2.